The summed E-state index contributed by atoms with van der Waals surface area (Å²) in [6.07, 6.45) is 4.97. The Bertz CT molecular complexity index is 415. The molecule has 1 N–H and O–H groups in total. The molecule has 2 nitrogen and oxygen atoms in total. The van der Waals surface area contributed by atoms with Crippen molar-refractivity contribution in [2.24, 2.45) is 0 Å². The summed E-state index contributed by atoms with van der Waals surface area (Å²) in [7, 11) is 0. The van der Waals surface area contributed by atoms with E-state index in [2.05, 4.69) is 48.3 Å². The van der Waals surface area contributed by atoms with E-state index in [1.807, 2.05) is 6.92 Å². The molecule has 0 unspecified atom stereocenters. The van der Waals surface area contributed by atoms with E-state index in [1.165, 1.54) is 12.5 Å². The minimum Gasteiger partial charge on any atom is -0.356 e. The first-order chi connectivity index (χ1) is 8.09. The maximum absolute atomic E-state index is 10.6. The van der Waals surface area contributed by atoms with Gasteiger partial charge < -0.3 is 5.32 Å². The van der Waals surface area contributed by atoms with Gasteiger partial charge in [0.1, 0.15) is 0 Å². The Morgan fingerprint density at radius 3 is 2.47 bits per heavy atom. The zero-order valence-electron chi connectivity index (χ0n) is 10.5. The molecule has 0 bridgehead atoms. The van der Waals surface area contributed by atoms with E-state index < -0.39 is 0 Å². The van der Waals surface area contributed by atoms with Crippen LogP contribution in [0.15, 0.2) is 36.9 Å². The summed E-state index contributed by atoms with van der Waals surface area (Å²) in [4.78, 5) is 10.6. The van der Waals surface area contributed by atoms with Gasteiger partial charge in [-0.15, -0.1) is 0 Å². The van der Waals surface area contributed by atoms with Crippen molar-refractivity contribution < 1.29 is 4.79 Å². The number of nitrogens with one attached hydrogen (secondary N) is 1. The van der Waals surface area contributed by atoms with Gasteiger partial charge in [-0.2, -0.15) is 0 Å². The Balaban J connectivity index is 2.43. The lowest BCUT2D eigenvalue weighted by Crippen LogP contribution is -2.20. The molecule has 0 heterocycles. The van der Waals surface area contributed by atoms with Crippen molar-refractivity contribution in [1.29, 1.82) is 0 Å². The normalized spacial score (nSPS) is 10.5. The number of carbonyl (C=O) groups excluding carboxylic acids is 1. The molecular weight excluding hydrogens is 210 g/mol. The number of rotatable bonds is 5. The van der Waals surface area contributed by atoms with Gasteiger partial charge in [-0.3, -0.25) is 4.79 Å². The van der Waals surface area contributed by atoms with Gasteiger partial charge >= 0.3 is 0 Å². The van der Waals surface area contributed by atoms with Crippen molar-refractivity contribution >= 4 is 17.6 Å². The average molecular weight is 229 g/mol. The lowest BCUT2D eigenvalue weighted by molar-refractivity contribution is -0.118. The van der Waals surface area contributed by atoms with Crippen LogP contribution in [0.1, 0.15) is 31.4 Å². The van der Waals surface area contributed by atoms with Crippen LogP contribution in [-0.4, -0.2) is 12.5 Å². The average Bonchev–Trinajstić information content (AvgIpc) is 2.29. The summed E-state index contributed by atoms with van der Waals surface area (Å²) in [6.45, 7) is 8.12. The van der Waals surface area contributed by atoms with E-state index in [0.717, 1.165) is 17.6 Å². The monoisotopic (exact) mass is 229 g/mol. The number of allylic oxidation sites excluding steroid dienone is 1. The highest BCUT2D eigenvalue weighted by atomic mass is 16.1. The molecule has 0 saturated carbocycles. The van der Waals surface area contributed by atoms with Gasteiger partial charge in [0, 0.05) is 13.5 Å². The lowest BCUT2D eigenvalue weighted by Gasteiger charge is -2.00. The molecule has 1 amide bonds. The molecule has 90 valence electrons. The quantitative estimate of drug-likeness (QED) is 0.771. The molecular formula is C15H19NO. The molecule has 1 aromatic carbocycles. The molecule has 17 heavy (non-hydrogen) atoms. The summed E-state index contributed by atoms with van der Waals surface area (Å²) in [6, 6.07) is 8.27. The maximum Gasteiger partial charge on any atom is 0.216 e. The van der Waals surface area contributed by atoms with Crippen LogP contribution in [0.3, 0.4) is 0 Å². The Hall–Kier alpha value is -1.83. The van der Waals surface area contributed by atoms with Crippen LogP contribution in [0.25, 0.3) is 11.6 Å². The highest BCUT2D eigenvalue weighted by Gasteiger charge is 1.92. The SMILES string of the molecule is C=C(C)c1ccc(C=CCCNC(C)=O)cc1. The molecule has 0 saturated heterocycles. The Morgan fingerprint density at radius 1 is 1.29 bits per heavy atom. The van der Waals surface area contributed by atoms with E-state index in [4.69, 9.17) is 0 Å². The molecule has 0 aliphatic carbocycles. The van der Waals surface area contributed by atoms with Crippen LogP contribution in [0.4, 0.5) is 0 Å². The second-order valence-electron chi connectivity index (χ2n) is 4.08. The zero-order chi connectivity index (χ0) is 12.7. The summed E-state index contributed by atoms with van der Waals surface area (Å²) in [5.74, 6) is 0.0178. The zero-order valence-corrected chi connectivity index (χ0v) is 10.5. The highest BCUT2D eigenvalue weighted by molar-refractivity contribution is 5.72. The van der Waals surface area contributed by atoms with E-state index in [1.54, 1.807) is 0 Å². The Morgan fingerprint density at radius 2 is 1.94 bits per heavy atom. The summed E-state index contributed by atoms with van der Waals surface area (Å²) in [5.41, 5.74) is 3.41. The van der Waals surface area contributed by atoms with Gasteiger partial charge in [0.05, 0.1) is 0 Å². The highest BCUT2D eigenvalue weighted by Crippen LogP contribution is 2.13. The standard InChI is InChI=1S/C15H19NO/c1-12(2)15-9-7-14(8-10-15)6-4-5-11-16-13(3)17/h4,6-10H,1,5,11H2,2-3H3,(H,16,17). The lowest BCUT2D eigenvalue weighted by atomic mass is 10.1. The largest absolute Gasteiger partial charge is 0.356 e. The third kappa shape index (κ3) is 5.16. The minimum atomic E-state index is 0.0178. The number of benzene rings is 1. The van der Waals surface area contributed by atoms with Crippen LogP contribution in [0, 0.1) is 0 Å². The van der Waals surface area contributed by atoms with Crippen molar-refractivity contribution in [3.05, 3.63) is 48.0 Å². The van der Waals surface area contributed by atoms with Gasteiger partial charge in [0.15, 0.2) is 0 Å². The van der Waals surface area contributed by atoms with Gasteiger partial charge in [0.2, 0.25) is 5.91 Å². The molecule has 0 atom stereocenters. The summed E-state index contributed by atoms with van der Waals surface area (Å²) < 4.78 is 0. The van der Waals surface area contributed by atoms with Crippen molar-refractivity contribution in [2.75, 3.05) is 6.54 Å². The van der Waals surface area contributed by atoms with Crippen LogP contribution in [0.2, 0.25) is 0 Å². The Labute approximate surface area is 103 Å². The number of hydrogen-bond donors (Lipinski definition) is 1. The first-order valence-electron chi connectivity index (χ1n) is 5.76. The fraction of sp³-hybridized carbons (Fsp3) is 0.267. The summed E-state index contributed by atoms with van der Waals surface area (Å²) in [5, 5.41) is 2.75. The summed E-state index contributed by atoms with van der Waals surface area (Å²) >= 11 is 0. The first-order valence-corrected chi connectivity index (χ1v) is 5.76. The number of hydrogen-bond acceptors (Lipinski definition) is 1. The molecule has 0 spiro atoms. The molecule has 2 heteroatoms. The third-order valence-electron chi connectivity index (χ3n) is 2.40. The van der Waals surface area contributed by atoms with Crippen LogP contribution < -0.4 is 5.32 Å². The molecule has 0 radical (unpaired) electrons. The van der Waals surface area contributed by atoms with Crippen LogP contribution >= 0.6 is 0 Å². The van der Waals surface area contributed by atoms with Gasteiger partial charge in [0.25, 0.3) is 0 Å². The predicted octanol–water partition coefficient (Wildman–Crippen LogP) is 3.26. The smallest absolute Gasteiger partial charge is 0.216 e. The molecule has 1 rings (SSSR count). The van der Waals surface area contributed by atoms with Crippen molar-refractivity contribution in [3.63, 3.8) is 0 Å². The second-order valence-corrected chi connectivity index (χ2v) is 4.08. The Kier molecular flexibility index (Phi) is 5.21. The molecule has 0 fully saturated rings. The van der Waals surface area contributed by atoms with E-state index in [0.29, 0.717) is 6.54 Å². The molecule has 0 aliphatic rings. The first kappa shape index (κ1) is 13.2. The van der Waals surface area contributed by atoms with Gasteiger partial charge in [-0.05, 0) is 24.5 Å². The molecule has 1 aromatic rings. The van der Waals surface area contributed by atoms with Crippen LogP contribution in [-0.2, 0) is 4.79 Å². The van der Waals surface area contributed by atoms with Gasteiger partial charge in [-0.25, -0.2) is 0 Å². The topological polar surface area (TPSA) is 29.1 Å². The molecule has 0 aromatic heterocycles. The predicted molar refractivity (Wildman–Crippen MR) is 73.5 cm³/mol. The van der Waals surface area contributed by atoms with Crippen LogP contribution in [0.5, 0.6) is 0 Å². The third-order valence-corrected chi connectivity index (χ3v) is 2.40. The fourth-order valence-corrected chi connectivity index (χ4v) is 1.43. The van der Waals surface area contributed by atoms with Gasteiger partial charge in [-0.1, -0.05) is 48.6 Å². The van der Waals surface area contributed by atoms with E-state index in [9.17, 15) is 4.79 Å². The maximum atomic E-state index is 10.6. The minimum absolute atomic E-state index is 0.0178. The second kappa shape index (κ2) is 6.69. The number of carbonyl (C=O) groups is 1. The van der Waals surface area contributed by atoms with E-state index in [-0.39, 0.29) is 5.91 Å². The fourth-order valence-electron chi connectivity index (χ4n) is 1.43. The van der Waals surface area contributed by atoms with Crippen molar-refractivity contribution in [3.8, 4) is 0 Å². The van der Waals surface area contributed by atoms with Crippen molar-refractivity contribution in [2.45, 2.75) is 20.3 Å². The number of amides is 1. The van der Waals surface area contributed by atoms with Crippen molar-refractivity contribution in [1.82, 2.24) is 5.32 Å². The molecule has 0 aliphatic heterocycles. The van der Waals surface area contributed by atoms with E-state index >= 15 is 0 Å².